The van der Waals surface area contributed by atoms with Crippen molar-refractivity contribution in [3.63, 3.8) is 0 Å². The second-order valence-electron chi connectivity index (χ2n) is 12.0. The van der Waals surface area contributed by atoms with Crippen LogP contribution in [0.15, 0.2) is 0 Å². The Balaban J connectivity index is 2.62. The van der Waals surface area contributed by atoms with Gasteiger partial charge in [-0.15, -0.1) is 11.8 Å². The van der Waals surface area contributed by atoms with Crippen molar-refractivity contribution in [2.45, 2.75) is 154 Å². The SMILES string of the molecule is CCCCOCC1O[C@H](SCC)C(O[C@H]2OC(COC(C)=O)[C@@H](OC(C)=O)C(OC(C)=O)C2OC(C)=O)C(OCCCC)[C@@H]1OCCCC. The summed E-state index contributed by atoms with van der Waals surface area (Å²) in [5, 5.41) is 0. The standard InChI is InChI=1S/C34H58O14S/c1-9-13-16-39-19-25-27(40-17-14-10-2)29(41-18-15-11-3)32(34(47-25)49-12-4)48-33-31(45-24(8)38)30(44-23(7)37)28(43-22(6)36)26(46-33)20-42-21(5)35/h25-34H,9-20H2,1-8H3/t25?,26?,27-,28-,29?,30?,31?,32?,33-,34-/m1/s1. The molecule has 0 N–H and O–H groups in total. The highest BCUT2D eigenvalue weighted by molar-refractivity contribution is 7.99. The highest BCUT2D eigenvalue weighted by Gasteiger charge is 2.56. The Bertz CT molecular complexity index is 998. The molecule has 0 bridgehead atoms. The van der Waals surface area contributed by atoms with Crippen molar-refractivity contribution in [1.29, 1.82) is 0 Å². The summed E-state index contributed by atoms with van der Waals surface area (Å²) in [5.74, 6) is -2.13. The van der Waals surface area contributed by atoms with E-state index in [4.69, 9.17) is 47.4 Å². The summed E-state index contributed by atoms with van der Waals surface area (Å²) in [6.07, 6.45) is -3.89. The molecule has 10 atom stereocenters. The average molecular weight is 723 g/mol. The van der Waals surface area contributed by atoms with Gasteiger partial charge >= 0.3 is 23.9 Å². The van der Waals surface area contributed by atoms with E-state index in [1.807, 2.05) is 6.92 Å². The minimum atomic E-state index is -1.40. The second-order valence-corrected chi connectivity index (χ2v) is 13.3. The smallest absolute Gasteiger partial charge is 0.303 e. The largest absolute Gasteiger partial charge is 0.463 e. The zero-order chi connectivity index (χ0) is 36.3. The molecule has 0 amide bonds. The predicted octanol–water partition coefficient (Wildman–Crippen LogP) is 4.12. The number of carbonyl (C=O) groups excluding carboxylic acids is 4. The van der Waals surface area contributed by atoms with Crippen molar-refractivity contribution in [3.05, 3.63) is 0 Å². The van der Waals surface area contributed by atoms with Gasteiger partial charge in [0.05, 0.1) is 6.61 Å². The van der Waals surface area contributed by atoms with Gasteiger partial charge in [0.1, 0.15) is 42.6 Å². The average Bonchev–Trinajstić information content (AvgIpc) is 3.03. The molecule has 49 heavy (non-hydrogen) atoms. The summed E-state index contributed by atoms with van der Waals surface area (Å²) in [5.41, 5.74) is -0.603. The lowest BCUT2D eigenvalue weighted by Crippen LogP contribution is -2.66. The first kappa shape index (κ1) is 43.2. The lowest BCUT2D eigenvalue weighted by molar-refractivity contribution is -0.342. The van der Waals surface area contributed by atoms with Crippen LogP contribution in [0.5, 0.6) is 0 Å². The van der Waals surface area contributed by atoms with E-state index < -0.39 is 84.4 Å². The van der Waals surface area contributed by atoms with Crippen molar-refractivity contribution >= 4 is 35.6 Å². The number of hydrogen-bond donors (Lipinski definition) is 0. The lowest BCUT2D eigenvalue weighted by atomic mass is 9.96. The predicted molar refractivity (Wildman–Crippen MR) is 179 cm³/mol. The van der Waals surface area contributed by atoms with Crippen molar-refractivity contribution < 1.29 is 66.5 Å². The van der Waals surface area contributed by atoms with Gasteiger partial charge in [-0.05, 0) is 25.0 Å². The molecule has 2 fully saturated rings. The van der Waals surface area contributed by atoms with Gasteiger partial charge in [0.15, 0.2) is 24.6 Å². The van der Waals surface area contributed by atoms with E-state index in [2.05, 4.69) is 20.8 Å². The molecule has 0 aromatic heterocycles. The van der Waals surface area contributed by atoms with Gasteiger partial charge in [-0.1, -0.05) is 47.0 Å². The number of hydrogen-bond acceptors (Lipinski definition) is 15. The molecule has 0 spiro atoms. The summed E-state index contributed by atoms with van der Waals surface area (Å²) < 4.78 is 60.8. The molecule has 0 aliphatic carbocycles. The number of ether oxygens (including phenoxy) is 10. The van der Waals surface area contributed by atoms with E-state index >= 15 is 0 Å². The van der Waals surface area contributed by atoms with Crippen LogP contribution in [0.2, 0.25) is 0 Å². The van der Waals surface area contributed by atoms with Crippen LogP contribution in [0.1, 0.15) is 93.9 Å². The van der Waals surface area contributed by atoms with Gasteiger partial charge in [-0.3, -0.25) is 19.2 Å². The fraction of sp³-hybridized carbons (Fsp3) is 0.882. The van der Waals surface area contributed by atoms with Crippen LogP contribution in [-0.2, 0) is 66.5 Å². The molecule has 15 heteroatoms. The topological polar surface area (TPSA) is 161 Å². The Labute approximate surface area is 295 Å². The third kappa shape index (κ3) is 14.6. The Morgan fingerprint density at radius 2 is 1.10 bits per heavy atom. The molecular formula is C34H58O14S. The van der Waals surface area contributed by atoms with Crippen LogP contribution in [0.3, 0.4) is 0 Å². The molecule has 2 aliphatic rings. The Morgan fingerprint density at radius 1 is 0.571 bits per heavy atom. The van der Waals surface area contributed by atoms with Gasteiger partial charge < -0.3 is 47.4 Å². The molecule has 284 valence electrons. The summed E-state index contributed by atoms with van der Waals surface area (Å²) >= 11 is 1.49. The number of thioether (sulfide) groups is 1. The first-order chi connectivity index (χ1) is 23.5. The Kier molecular flexibility index (Phi) is 20.7. The van der Waals surface area contributed by atoms with Gasteiger partial charge in [0.25, 0.3) is 0 Å². The van der Waals surface area contributed by atoms with E-state index in [-0.39, 0.29) is 13.2 Å². The van der Waals surface area contributed by atoms with Crippen molar-refractivity contribution in [1.82, 2.24) is 0 Å². The monoisotopic (exact) mass is 722 g/mol. The van der Waals surface area contributed by atoms with E-state index in [1.165, 1.54) is 39.5 Å². The fourth-order valence-corrected chi connectivity index (χ4v) is 6.43. The van der Waals surface area contributed by atoms with Crippen LogP contribution in [0.4, 0.5) is 0 Å². The van der Waals surface area contributed by atoms with Gasteiger partial charge in [-0.25, -0.2) is 0 Å². The minimum Gasteiger partial charge on any atom is -0.463 e. The number of carbonyl (C=O) groups is 4. The maximum atomic E-state index is 12.5. The molecule has 0 radical (unpaired) electrons. The lowest BCUT2D eigenvalue weighted by Gasteiger charge is -2.49. The van der Waals surface area contributed by atoms with Crippen molar-refractivity contribution in [3.8, 4) is 0 Å². The van der Waals surface area contributed by atoms with E-state index in [0.717, 1.165) is 38.5 Å². The first-order valence-electron chi connectivity index (χ1n) is 17.5. The maximum absolute atomic E-state index is 12.5. The second kappa shape index (κ2) is 23.5. The number of esters is 4. The van der Waals surface area contributed by atoms with Crippen molar-refractivity contribution in [2.24, 2.45) is 0 Å². The Morgan fingerprint density at radius 3 is 1.65 bits per heavy atom. The van der Waals surface area contributed by atoms with Crippen LogP contribution in [-0.4, -0.2) is 123 Å². The van der Waals surface area contributed by atoms with Crippen LogP contribution >= 0.6 is 11.8 Å². The summed E-state index contributed by atoms with van der Waals surface area (Å²) in [7, 11) is 0. The van der Waals surface area contributed by atoms with Gasteiger partial charge in [-0.2, -0.15) is 0 Å². The fourth-order valence-electron chi connectivity index (χ4n) is 5.47. The molecule has 6 unspecified atom stereocenters. The summed E-state index contributed by atoms with van der Waals surface area (Å²) in [4.78, 5) is 48.9. The molecule has 14 nitrogen and oxygen atoms in total. The maximum Gasteiger partial charge on any atom is 0.303 e. The minimum absolute atomic E-state index is 0.289. The molecule has 2 aliphatic heterocycles. The summed E-state index contributed by atoms with van der Waals surface area (Å²) in [6, 6.07) is 0. The zero-order valence-electron chi connectivity index (χ0n) is 30.4. The third-order valence-electron chi connectivity index (χ3n) is 7.70. The van der Waals surface area contributed by atoms with E-state index in [9.17, 15) is 19.2 Å². The molecule has 0 saturated carbocycles. The molecular weight excluding hydrogens is 664 g/mol. The molecule has 2 rings (SSSR count). The van der Waals surface area contributed by atoms with Crippen LogP contribution in [0.25, 0.3) is 0 Å². The zero-order valence-corrected chi connectivity index (χ0v) is 31.2. The van der Waals surface area contributed by atoms with Crippen LogP contribution in [0, 0.1) is 0 Å². The normalized spacial score (nSPS) is 30.0. The molecule has 0 aromatic carbocycles. The molecule has 2 saturated heterocycles. The quantitative estimate of drug-likeness (QED) is 0.0891. The summed E-state index contributed by atoms with van der Waals surface area (Å²) in [6.45, 7) is 14.3. The highest BCUT2D eigenvalue weighted by Crippen LogP contribution is 2.38. The Hall–Kier alpha value is -2.01. The van der Waals surface area contributed by atoms with Crippen LogP contribution < -0.4 is 0 Å². The number of rotatable bonds is 22. The molecule has 0 aromatic rings. The van der Waals surface area contributed by atoms with Crippen molar-refractivity contribution in [2.75, 3.05) is 38.8 Å². The van der Waals surface area contributed by atoms with E-state index in [1.54, 1.807) is 0 Å². The van der Waals surface area contributed by atoms with Gasteiger partial charge in [0, 0.05) is 47.5 Å². The number of unbranched alkanes of at least 4 members (excludes halogenated alkanes) is 3. The van der Waals surface area contributed by atoms with Gasteiger partial charge in [0.2, 0.25) is 0 Å². The molecule has 2 heterocycles. The first-order valence-corrected chi connectivity index (χ1v) is 18.6. The highest BCUT2D eigenvalue weighted by atomic mass is 32.2. The third-order valence-corrected chi connectivity index (χ3v) is 8.74. The van der Waals surface area contributed by atoms with E-state index in [0.29, 0.717) is 25.6 Å².